The molecule has 0 fully saturated rings. The van der Waals surface area contributed by atoms with Crippen molar-refractivity contribution < 1.29 is 9.84 Å². The molecular weight excluding hydrogens is 286 g/mol. The average Bonchev–Trinajstić information content (AvgIpc) is 2.47. The van der Waals surface area contributed by atoms with Crippen molar-refractivity contribution in [3.63, 3.8) is 0 Å². The van der Waals surface area contributed by atoms with E-state index in [1.165, 1.54) is 0 Å². The number of ether oxygens (including phenoxy) is 1. The summed E-state index contributed by atoms with van der Waals surface area (Å²) in [4.78, 5) is 0. The number of rotatable bonds is 5. The molecule has 2 aromatic rings. The Bertz CT molecular complexity index is 615. The molecule has 0 spiro atoms. The molecule has 0 radical (unpaired) electrons. The lowest BCUT2D eigenvalue weighted by Crippen LogP contribution is -2.22. The molecule has 0 aliphatic carbocycles. The highest BCUT2D eigenvalue weighted by atomic mass is 35.5. The van der Waals surface area contributed by atoms with Crippen LogP contribution >= 0.6 is 11.6 Å². The molecule has 0 aliphatic heterocycles. The fraction of sp³-hybridized carbons (Fsp3) is 0.294. The fourth-order valence-corrected chi connectivity index (χ4v) is 2.70. The van der Waals surface area contributed by atoms with Gasteiger partial charge in [0.15, 0.2) is 0 Å². The van der Waals surface area contributed by atoms with Crippen LogP contribution < -0.4 is 10.1 Å². The smallest absolute Gasteiger partial charge is 0.124 e. The number of nitrogens with one attached hydrogen (secondary N) is 1. The van der Waals surface area contributed by atoms with Crippen LogP contribution in [-0.4, -0.2) is 12.2 Å². The van der Waals surface area contributed by atoms with Crippen LogP contribution in [0.25, 0.3) is 0 Å². The SMILES string of the molecule is COc1ccc(C(C)NC(C)c2ccccc2Cl)c(O)c1. The molecule has 2 unspecified atom stereocenters. The summed E-state index contributed by atoms with van der Waals surface area (Å²) in [6.45, 7) is 4.06. The maximum absolute atomic E-state index is 10.1. The topological polar surface area (TPSA) is 41.5 Å². The lowest BCUT2D eigenvalue weighted by molar-refractivity contribution is 0.402. The van der Waals surface area contributed by atoms with E-state index in [1.807, 2.05) is 43.3 Å². The van der Waals surface area contributed by atoms with Crippen LogP contribution in [0.3, 0.4) is 0 Å². The maximum atomic E-state index is 10.1. The Kier molecular flexibility index (Phi) is 5.10. The molecule has 0 saturated heterocycles. The van der Waals surface area contributed by atoms with Crippen molar-refractivity contribution in [3.8, 4) is 11.5 Å². The predicted octanol–water partition coefficient (Wildman–Crippen LogP) is 4.47. The van der Waals surface area contributed by atoms with Crippen LogP contribution in [0.5, 0.6) is 11.5 Å². The number of phenolic OH excluding ortho intramolecular Hbond substituents is 1. The van der Waals surface area contributed by atoms with Gasteiger partial charge >= 0.3 is 0 Å². The molecule has 3 nitrogen and oxygen atoms in total. The monoisotopic (exact) mass is 305 g/mol. The van der Waals surface area contributed by atoms with Gasteiger partial charge in [-0.1, -0.05) is 35.9 Å². The van der Waals surface area contributed by atoms with Gasteiger partial charge in [0.2, 0.25) is 0 Å². The number of benzene rings is 2. The van der Waals surface area contributed by atoms with E-state index in [0.29, 0.717) is 5.75 Å². The van der Waals surface area contributed by atoms with Gasteiger partial charge < -0.3 is 15.2 Å². The van der Waals surface area contributed by atoms with Gasteiger partial charge in [0.05, 0.1) is 7.11 Å². The van der Waals surface area contributed by atoms with Gasteiger partial charge in [-0.15, -0.1) is 0 Å². The van der Waals surface area contributed by atoms with Crippen molar-refractivity contribution in [3.05, 3.63) is 58.6 Å². The van der Waals surface area contributed by atoms with E-state index in [0.717, 1.165) is 16.1 Å². The van der Waals surface area contributed by atoms with Crippen LogP contribution in [0.15, 0.2) is 42.5 Å². The number of halogens is 1. The lowest BCUT2D eigenvalue weighted by Gasteiger charge is -2.22. The van der Waals surface area contributed by atoms with Gasteiger partial charge in [0.1, 0.15) is 11.5 Å². The van der Waals surface area contributed by atoms with Crippen LogP contribution in [0.2, 0.25) is 5.02 Å². The minimum Gasteiger partial charge on any atom is -0.507 e. The second-order valence-electron chi connectivity index (χ2n) is 5.06. The molecule has 0 heterocycles. The molecule has 2 N–H and O–H groups in total. The first-order chi connectivity index (χ1) is 10.0. The summed E-state index contributed by atoms with van der Waals surface area (Å²) in [5.41, 5.74) is 1.87. The molecule has 21 heavy (non-hydrogen) atoms. The zero-order chi connectivity index (χ0) is 15.4. The third-order valence-electron chi connectivity index (χ3n) is 3.58. The predicted molar refractivity (Wildman–Crippen MR) is 86.1 cm³/mol. The van der Waals surface area contributed by atoms with Crippen LogP contribution in [-0.2, 0) is 0 Å². The van der Waals surface area contributed by atoms with Gasteiger partial charge in [-0.05, 0) is 31.5 Å². The molecule has 4 heteroatoms. The lowest BCUT2D eigenvalue weighted by atomic mass is 10.0. The van der Waals surface area contributed by atoms with Gasteiger partial charge in [0.25, 0.3) is 0 Å². The molecule has 0 bridgehead atoms. The first-order valence-electron chi connectivity index (χ1n) is 6.90. The molecule has 0 aromatic heterocycles. The van der Waals surface area contributed by atoms with E-state index in [4.69, 9.17) is 16.3 Å². The minimum absolute atomic E-state index is 0.0119. The largest absolute Gasteiger partial charge is 0.507 e. The van der Waals surface area contributed by atoms with E-state index in [-0.39, 0.29) is 17.8 Å². The van der Waals surface area contributed by atoms with Crippen molar-refractivity contribution in [2.45, 2.75) is 25.9 Å². The van der Waals surface area contributed by atoms with Crippen molar-refractivity contribution >= 4 is 11.6 Å². The van der Waals surface area contributed by atoms with Crippen LogP contribution in [0.4, 0.5) is 0 Å². The first-order valence-corrected chi connectivity index (χ1v) is 7.28. The molecule has 0 saturated carbocycles. The third-order valence-corrected chi connectivity index (χ3v) is 3.92. The second-order valence-corrected chi connectivity index (χ2v) is 5.46. The Morgan fingerprint density at radius 1 is 1.05 bits per heavy atom. The summed E-state index contributed by atoms with van der Waals surface area (Å²) in [6, 6.07) is 13.2. The number of aromatic hydroxyl groups is 1. The zero-order valence-corrected chi connectivity index (χ0v) is 13.2. The number of methoxy groups -OCH3 is 1. The number of phenols is 1. The fourth-order valence-electron chi connectivity index (χ4n) is 2.40. The molecule has 0 aliphatic rings. The molecule has 2 rings (SSSR count). The van der Waals surface area contributed by atoms with Crippen LogP contribution in [0.1, 0.15) is 37.1 Å². The van der Waals surface area contributed by atoms with Gasteiger partial charge in [-0.25, -0.2) is 0 Å². The maximum Gasteiger partial charge on any atom is 0.124 e. The normalized spacial score (nSPS) is 13.7. The third kappa shape index (κ3) is 3.69. The molecule has 2 aromatic carbocycles. The van der Waals surface area contributed by atoms with E-state index in [9.17, 15) is 5.11 Å². The Morgan fingerprint density at radius 2 is 1.71 bits per heavy atom. The van der Waals surface area contributed by atoms with Crippen molar-refractivity contribution in [1.29, 1.82) is 0 Å². The van der Waals surface area contributed by atoms with E-state index >= 15 is 0 Å². The Labute approximate surface area is 130 Å². The second kappa shape index (κ2) is 6.83. The van der Waals surface area contributed by atoms with Crippen LogP contribution in [0, 0.1) is 0 Å². The van der Waals surface area contributed by atoms with Gasteiger partial charge in [-0.2, -0.15) is 0 Å². The summed E-state index contributed by atoms with van der Waals surface area (Å²) in [7, 11) is 1.58. The highest BCUT2D eigenvalue weighted by Crippen LogP contribution is 2.31. The Morgan fingerprint density at radius 3 is 2.33 bits per heavy atom. The summed E-state index contributed by atoms with van der Waals surface area (Å²) in [5, 5.41) is 14.3. The Balaban J connectivity index is 2.14. The summed E-state index contributed by atoms with van der Waals surface area (Å²) in [5.74, 6) is 0.864. The number of hydrogen-bond donors (Lipinski definition) is 2. The summed E-state index contributed by atoms with van der Waals surface area (Å²) in [6.07, 6.45) is 0. The zero-order valence-electron chi connectivity index (χ0n) is 12.4. The van der Waals surface area contributed by atoms with Crippen molar-refractivity contribution in [1.82, 2.24) is 5.32 Å². The average molecular weight is 306 g/mol. The highest BCUT2D eigenvalue weighted by Gasteiger charge is 2.16. The Hall–Kier alpha value is -1.71. The molecule has 2 atom stereocenters. The van der Waals surface area contributed by atoms with E-state index in [2.05, 4.69) is 12.2 Å². The highest BCUT2D eigenvalue weighted by molar-refractivity contribution is 6.31. The van der Waals surface area contributed by atoms with E-state index in [1.54, 1.807) is 13.2 Å². The minimum atomic E-state index is -0.0119. The first kappa shape index (κ1) is 15.7. The van der Waals surface area contributed by atoms with Gasteiger partial charge in [0, 0.05) is 28.7 Å². The standard InChI is InChI=1S/C17H20ClNO2/c1-11(14-6-4-5-7-16(14)18)19-12(2)15-9-8-13(21-3)10-17(15)20/h4-12,19-20H,1-3H3. The van der Waals surface area contributed by atoms with E-state index < -0.39 is 0 Å². The number of hydrogen-bond acceptors (Lipinski definition) is 3. The molecular formula is C17H20ClNO2. The molecule has 112 valence electrons. The van der Waals surface area contributed by atoms with Crippen molar-refractivity contribution in [2.24, 2.45) is 0 Å². The molecule has 0 amide bonds. The summed E-state index contributed by atoms with van der Waals surface area (Å²) < 4.78 is 5.10. The van der Waals surface area contributed by atoms with Crippen molar-refractivity contribution in [2.75, 3.05) is 7.11 Å². The summed E-state index contributed by atoms with van der Waals surface area (Å²) >= 11 is 6.21. The quantitative estimate of drug-likeness (QED) is 0.856. The van der Waals surface area contributed by atoms with Gasteiger partial charge in [-0.3, -0.25) is 0 Å².